The number of nitriles is 1. The van der Waals surface area contributed by atoms with Gasteiger partial charge in [0.25, 0.3) is 0 Å². The lowest BCUT2D eigenvalue weighted by molar-refractivity contribution is 1.14. The lowest BCUT2D eigenvalue weighted by atomic mass is 10.0. The Bertz CT molecular complexity index is 517. The molecule has 2 rings (SSSR count). The van der Waals surface area contributed by atoms with Gasteiger partial charge in [-0.2, -0.15) is 5.26 Å². The molecule has 0 aliphatic heterocycles. The third-order valence-electron chi connectivity index (χ3n) is 2.45. The summed E-state index contributed by atoms with van der Waals surface area (Å²) in [6.45, 7) is 4.17. The maximum Gasteiger partial charge on any atom is 0.0998 e. The molecule has 14 heavy (non-hydrogen) atoms. The quantitative estimate of drug-likeness (QED) is 0.691. The Hall–Kier alpha value is -1.33. The van der Waals surface area contributed by atoms with Crippen molar-refractivity contribution in [2.75, 3.05) is 0 Å². The van der Waals surface area contributed by atoms with Crippen LogP contribution in [-0.4, -0.2) is 0 Å². The van der Waals surface area contributed by atoms with Gasteiger partial charge in [-0.05, 0) is 42.0 Å². The molecule has 0 fully saturated rings. The third-order valence-corrected chi connectivity index (χ3v) is 3.49. The maximum atomic E-state index is 9.05. The van der Waals surface area contributed by atoms with Crippen LogP contribution in [0.5, 0.6) is 0 Å². The molecular formula is C12H11NS. The number of aryl methyl sites for hydroxylation is 2. The van der Waals surface area contributed by atoms with Gasteiger partial charge in [0.05, 0.1) is 11.6 Å². The van der Waals surface area contributed by atoms with Gasteiger partial charge in [-0.3, -0.25) is 0 Å². The standard InChI is InChI=1S/C12H11NS/c1-3-9-4-10(6-13)12-8(2)7-14-11(12)5-9/h4-5,7H,3H2,1-2H3. The molecule has 0 spiro atoms. The molecule has 1 nitrogen and oxygen atoms in total. The summed E-state index contributed by atoms with van der Waals surface area (Å²) in [4.78, 5) is 0. The van der Waals surface area contributed by atoms with Gasteiger partial charge in [0.2, 0.25) is 0 Å². The Labute approximate surface area is 87.6 Å². The van der Waals surface area contributed by atoms with Gasteiger partial charge >= 0.3 is 0 Å². The highest BCUT2D eigenvalue weighted by Gasteiger charge is 2.07. The van der Waals surface area contributed by atoms with Gasteiger partial charge in [0.1, 0.15) is 0 Å². The summed E-state index contributed by atoms with van der Waals surface area (Å²) >= 11 is 1.72. The van der Waals surface area contributed by atoms with Crippen LogP contribution in [-0.2, 0) is 6.42 Å². The monoisotopic (exact) mass is 201 g/mol. The number of benzene rings is 1. The summed E-state index contributed by atoms with van der Waals surface area (Å²) in [6, 6.07) is 6.47. The molecule has 0 unspecified atom stereocenters. The molecule has 1 heterocycles. The SMILES string of the molecule is CCc1cc(C#N)c2c(C)csc2c1. The second-order valence-corrected chi connectivity index (χ2v) is 4.31. The van der Waals surface area contributed by atoms with Gasteiger partial charge in [0, 0.05) is 10.1 Å². The van der Waals surface area contributed by atoms with Crippen LogP contribution in [0.4, 0.5) is 0 Å². The van der Waals surface area contributed by atoms with E-state index in [1.165, 1.54) is 15.8 Å². The van der Waals surface area contributed by atoms with Gasteiger partial charge < -0.3 is 0 Å². The topological polar surface area (TPSA) is 23.8 Å². The highest BCUT2D eigenvalue weighted by atomic mass is 32.1. The van der Waals surface area contributed by atoms with E-state index in [4.69, 9.17) is 5.26 Å². The van der Waals surface area contributed by atoms with Gasteiger partial charge in [-0.25, -0.2) is 0 Å². The minimum atomic E-state index is 0.818. The van der Waals surface area contributed by atoms with Gasteiger partial charge in [0.15, 0.2) is 0 Å². The first-order chi connectivity index (χ1) is 6.76. The van der Waals surface area contributed by atoms with E-state index in [0.29, 0.717) is 0 Å². The maximum absolute atomic E-state index is 9.05. The lowest BCUT2D eigenvalue weighted by Crippen LogP contribution is -1.84. The first-order valence-electron chi connectivity index (χ1n) is 4.67. The third kappa shape index (κ3) is 1.30. The summed E-state index contributed by atoms with van der Waals surface area (Å²) < 4.78 is 1.23. The highest BCUT2D eigenvalue weighted by Crippen LogP contribution is 2.29. The van der Waals surface area contributed by atoms with Crippen LogP contribution in [0.25, 0.3) is 10.1 Å². The molecule has 1 aromatic carbocycles. The molecule has 1 aromatic heterocycles. The number of fused-ring (bicyclic) bond motifs is 1. The summed E-state index contributed by atoms with van der Waals surface area (Å²) in [5.74, 6) is 0. The van der Waals surface area contributed by atoms with E-state index in [9.17, 15) is 0 Å². The van der Waals surface area contributed by atoms with E-state index >= 15 is 0 Å². The number of hydrogen-bond acceptors (Lipinski definition) is 2. The molecule has 0 aliphatic rings. The molecule has 0 amide bonds. The first-order valence-corrected chi connectivity index (χ1v) is 5.55. The van der Waals surface area contributed by atoms with Crippen molar-refractivity contribution < 1.29 is 0 Å². The van der Waals surface area contributed by atoms with E-state index in [1.54, 1.807) is 11.3 Å². The van der Waals surface area contributed by atoms with Crippen molar-refractivity contribution in [1.29, 1.82) is 5.26 Å². The number of nitrogens with zero attached hydrogens (tertiary/aromatic N) is 1. The largest absolute Gasteiger partial charge is 0.192 e. The zero-order valence-corrected chi connectivity index (χ0v) is 9.11. The normalized spacial score (nSPS) is 10.4. The number of rotatable bonds is 1. The minimum Gasteiger partial charge on any atom is -0.192 e. The van der Waals surface area contributed by atoms with Crippen molar-refractivity contribution >= 4 is 21.4 Å². The van der Waals surface area contributed by atoms with Crippen LogP contribution in [0.2, 0.25) is 0 Å². The molecular weight excluding hydrogens is 190 g/mol. The second kappa shape index (κ2) is 3.43. The van der Waals surface area contributed by atoms with E-state index in [2.05, 4.69) is 31.4 Å². The van der Waals surface area contributed by atoms with E-state index in [-0.39, 0.29) is 0 Å². The number of hydrogen-bond donors (Lipinski definition) is 0. The summed E-state index contributed by atoms with van der Waals surface area (Å²) in [7, 11) is 0. The Morgan fingerprint density at radius 1 is 1.43 bits per heavy atom. The summed E-state index contributed by atoms with van der Waals surface area (Å²) in [5.41, 5.74) is 3.28. The summed E-state index contributed by atoms with van der Waals surface area (Å²) in [6.07, 6.45) is 0.988. The van der Waals surface area contributed by atoms with Gasteiger partial charge in [-0.15, -0.1) is 11.3 Å². The second-order valence-electron chi connectivity index (χ2n) is 3.40. The Morgan fingerprint density at radius 2 is 2.21 bits per heavy atom. The number of thiophene rings is 1. The van der Waals surface area contributed by atoms with Crippen molar-refractivity contribution in [1.82, 2.24) is 0 Å². The van der Waals surface area contributed by atoms with Crippen molar-refractivity contribution in [3.05, 3.63) is 34.2 Å². The van der Waals surface area contributed by atoms with Crippen LogP contribution < -0.4 is 0 Å². The zero-order valence-electron chi connectivity index (χ0n) is 8.29. The molecule has 0 bridgehead atoms. The minimum absolute atomic E-state index is 0.818. The van der Waals surface area contributed by atoms with Crippen LogP contribution in [0.15, 0.2) is 17.5 Å². The molecule has 0 radical (unpaired) electrons. The fraction of sp³-hybridized carbons (Fsp3) is 0.250. The zero-order chi connectivity index (χ0) is 10.1. The molecule has 0 saturated heterocycles. The highest BCUT2D eigenvalue weighted by molar-refractivity contribution is 7.17. The van der Waals surface area contributed by atoms with E-state index < -0.39 is 0 Å². The van der Waals surface area contributed by atoms with Gasteiger partial charge in [-0.1, -0.05) is 6.92 Å². The van der Waals surface area contributed by atoms with Crippen molar-refractivity contribution in [2.24, 2.45) is 0 Å². The molecule has 2 aromatic rings. The van der Waals surface area contributed by atoms with Crippen molar-refractivity contribution in [3.8, 4) is 6.07 Å². The molecule has 0 atom stereocenters. The fourth-order valence-electron chi connectivity index (χ4n) is 1.68. The average molecular weight is 201 g/mol. The van der Waals surface area contributed by atoms with Crippen molar-refractivity contribution in [3.63, 3.8) is 0 Å². The smallest absolute Gasteiger partial charge is 0.0998 e. The van der Waals surface area contributed by atoms with Crippen molar-refractivity contribution in [2.45, 2.75) is 20.3 Å². The van der Waals surface area contributed by atoms with E-state index in [1.807, 2.05) is 6.07 Å². The predicted molar refractivity (Wildman–Crippen MR) is 60.7 cm³/mol. The molecule has 70 valence electrons. The molecule has 0 aliphatic carbocycles. The Kier molecular flexibility index (Phi) is 2.26. The first kappa shape index (κ1) is 9.23. The Morgan fingerprint density at radius 3 is 2.86 bits per heavy atom. The fourth-order valence-corrected chi connectivity index (χ4v) is 2.71. The van der Waals surface area contributed by atoms with Crippen LogP contribution >= 0.6 is 11.3 Å². The summed E-state index contributed by atoms with van der Waals surface area (Å²) in [5, 5.41) is 12.3. The predicted octanol–water partition coefficient (Wildman–Crippen LogP) is 3.64. The van der Waals surface area contributed by atoms with Crippen LogP contribution in [0.3, 0.4) is 0 Å². The van der Waals surface area contributed by atoms with Crippen LogP contribution in [0.1, 0.15) is 23.6 Å². The Balaban J connectivity index is 2.84. The average Bonchev–Trinajstić information content (AvgIpc) is 2.59. The van der Waals surface area contributed by atoms with Crippen LogP contribution in [0, 0.1) is 18.3 Å². The lowest BCUT2D eigenvalue weighted by Gasteiger charge is -2.00. The molecule has 0 saturated carbocycles. The van der Waals surface area contributed by atoms with E-state index in [0.717, 1.165) is 17.4 Å². The molecule has 2 heteroatoms. The molecule has 0 N–H and O–H groups in total.